The first-order valence-electron chi connectivity index (χ1n) is 11.6. The Labute approximate surface area is 198 Å². The average Bonchev–Trinajstić information content (AvgIpc) is 3.16. The maximum atomic E-state index is 12.4. The first-order chi connectivity index (χ1) is 16.5. The molecule has 1 heterocycles. The molecule has 0 spiro atoms. The van der Waals surface area contributed by atoms with Crippen molar-refractivity contribution in [3.05, 3.63) is 59.7 Å². The van der Waals surface area contributed by atoms with Crippen LogP contribution in [0.5, 0.6) is 0 Å². The fraction of sp³-hybridized carbons (Fsp3) is 0.423. The lowest BCUT2D eigenvalue weighted by molar-refractivity contribution is -0.155. The Morgan fingerprint density at radius 3 is 2.32 bits per heavy atom. The van der Waals surface area contributed by atoms with Crippen molar-refractivity contribution in [2.45, 2.75) is 31.7 Å². The summed E-state index contributed by atoms with van der Waals surface area (Å²) in [6.45, 7) is 2.72. The standard InChI is InChI=1S/C26H30N2O6/c1-17-10-11-23(25(30)31)28(14-17)24(29)16-33-13-12-27-26(32)34-15-22-20-8-4-2-6-18(20)19-7-3-5-9-21(19)22/h2-9,17,22-23H,10-16H2,1H3,(H,27,32)(H,30,31). The van der Waals surface area contributed by atoms with E-state index in [9.17, 15) is 19.5 Å². The van der Waals surface area contributed by atoms with E-state index in [-0.39, 0.29) is 44.1 Å². The Morgan fingerprint density at radius 2 is 1.68 bits per heavy atom. The van der Waals surface area contributed by atoms with Crippen molar-refractivity contribution < 1.29 is 29.0 Å². The van der Waals surface area contributed by atoms with Crippen LogP contribution in [0.3, 0.4) is 0 Å². The molecule has 2 atom stereocenters. The van der Waals surface area contributed by atoms with Crippen LogP contribution in [0, 0.1) is 5.92 Å². The van der Waals surface area contributed by atoms with Crippen LogP contribution in [-0.4, -0.2) is 66.9 Å². The summed E-state index contributed by atoms with van der Waals surface area (Å²) >= 11 is 0. The lowest BCUT2D eigenvalue weighted by Crippen LogP contribution is -2.51. The number of carboxylic acids is 1. The Hall–Kier alpha value is -3.39. The summed E-state index contributed by atoms with van der Waals surface area (Å²) < 4.78 is 10.8. The number of alkyl carbamates (subject to hydrolysis) is 1. The number of carbonyl (C=O) groups is 3. The Bertz CT molecular complexity index is 1010. The first-order valence-corrected chi connectivity index (χ1v) is 11.6. The number of nitrogens with zero attached hydrogens (tertiary/aromatic N) is 1. The van der Waals surface area contributed by atoms with E-state index in [4.69, 9.17) is 9.47 Å². The summed E-state index contributed by atoms with van der Waals surface area (Å²) in [4.78, 5) is 37.4. The van der Waals surface area contributed by atoms with Crippen LogP contribution >= 0.6 is 0 Å². The number of rotatable bonds is 8. The van der Waals surface area contributed by atoms with Crippen LogP contribution < -0.4 is 5.32 Å². The zero-order chi connectivity index (χ0) is 24.1. The molecule has 2 aromatic carbocycles. The quantitative estimate of drug-likeness (QED) is 0.579. The van der Waals surface area contributed by atoms with Gasteiger partial charge in [0, 0.05) is 19.0 Å². The highest BCUT2D eigenvalue weighted by Crippen LogP contribution is 2.44. The summed E-state index contributed by atoms with van der Waals surface area (Å²) in [6, 6.07) is 15.5. The Kier molecular flexibility index (Phi) is 7.47. The van der Waals surface area contributed by atoms with Gasteiger partial charge < -0.3 is 24.8 Å². The van der Waals surface area contributed by atoms with Crippen molar-refractivity contribution >= 4 is 18.0 Å². The summed E-state index contributed by atoms with van der Waals surface area (Å²) in [5.41, 5.74) is 4.62. The number of carbonyl (C=O) groups excluding carboxylic acids is 2. The second-order valence-electron chi connectivity index (χ2n) is 8.89. The molecule has 34 heavy (non-hydrogen) atoms. The molecule has 0 aromatic heterocycles. The highest BCUT2D eigenvalue weighted by Gasteiger charge is 2.34. The second kappa shape index (κ2) is 10.7. The number of carboxylic acid groups (broad SMARTS) is 1. The van der Waals surface area contributed by atoms with Gasteiger partial charge in [-0.25, -0.2) is 9.59 Å². The first kappa shape index (κ1) is 23.8. The molecule has 2 unspecified atom stereocenters. The maximum Gasteiger partial charge on any atom is 0.407 e. The monoisotopic (exact) mass is 466 g/mol. The minimum atomic E-state index is -0.989. The van der Waals surface area contributed by atoms with Crippen molar-refractivity contribution in [3.63, 3.8) is 0 Å². The van der Waals surface area contributed by atoms with Gasteiger partial charge in [0.1, 0.15) is 19.3 Å². The van der Waals surface area contributed by atoms with Crippen LogP contribution in [0.4, 0.5) is 4.79 Å². The van der Waals surface area contributed by atoms with Crippen LogP contribution in [0.2, 0.25) is 0 Å². The smallest absolute Gasteiger partial charge is 0.407 e. The van der Waals surface area contributed by atoms with E-state index >= 15 is 0 Å². The number of ether oxygens (including phenoxy) is 2. The van der Waals surface area contributed by atoms with Crippen molar-refractivity contribution in [1.29, 1.82) is 0 Å². The van der Waals surface area contributed by atoms with Crippen molar-refractivity contribution in [3.8, 4) is 11.1 Å². The molecule has 2 N–H and O–H groups in total. The molecule has 8 heteroatoms. The third kappa shape index (κ3) is 5.22. The van der Waals surface area contributed by atoms with E-state index in [0.717, 1.165) is 17.5 Å². The van der Waals surface area contributed by atoms with E-state index in [1.54, 1.807) is 0 Å². The third-order valence-electron chi connectivity index (χ3n) is 6.51. The number of amides is 2. The minimum absolute atomic E-state index is 0.0128. The Morgan fingerprint density at radius 1 is 1.03 bits per heavy atom. The van der Waals surface area contributed by atoms with Gasteiger partial charge in [-0.3, -0.25) is 4.79 Å². The molecule has 2 aliphatic rings. The fourth-order valence-electron chi connectivity index (χ4n) is 4.80. The summed E-state index contributed by atoms with van der Waals surface area (Å²) in [5, 5.41) is 12.0. The Balaban J connectivity index is 1.19. The number of piperidine rings is 1. The molecule has 1 aliphatic heterocycles. The molecular formula is C26H30N2O6. The topological polar surface area (TPSA) is 105 Å². The van der Waals surface area contributed by atoms with E-state index in [0.29, 0.717) is 13.0 Å². The molecular weight excluding hydrogens is 436 g/mol. The summed E-state index contributed by atoms with van der Waals surface area (Å²) in [7, 11) is 0. The van der Waals surface area contributed by atoms with Gasteiger partial charge in [0.25, 0.3) is 0 Å². The molecule has 0 saturated carbocycles. The lowest BCUT2D eigenvalue weighted by Gasteiger charge is -2.36. The van der Waals surface area contributed by atoms with Gasteiger partial charge in [0.2, 0.25) is 5.91 Å². The minimum Gasteiger partial charge on any atom is -0.480 e. The van der Waals surface area contributed by atoms with Gasteiger partial charge in [-0.1, -0.05) is 55.5 Å². The van der Waals surface area contributed by atoms with E-state index < -0.39 is 18.1 Å². The maximum absolute atomic E-state index is 12.4. The van der Waals surface area contributed by atoms with Crippen molar-refractivity contribution in [2.24, 2.45) is 5.92 Å². The zero-order valence-corrected chi connectivity index (χ0v) is 19.2. The van der Waals surface area contributed by atoms with Crippen LogP contribution in [0.25, 0.3) is 11.1 Å². The van der Waals surface area contributed by atoms with Crippen LogP contribution in [0.1, 0.15) is 36.8 Å². The lowest BCUT2D eigenvalue weighted by atomic mass is 9.94. The summed E-state index contributed by atoms with van der Waals surface area (Å²) in [5.74, 6) is -1.09. The van der Waals surface area contributed by atoms with Gasteiger partial charge in [0.05, 0.1) is 6.61 Å². The number of fused-ring (bicyclic) bond motifs is 3. The van der Waals surface area contributed by atoms with Gasteiger partial charge in [-0.05, 0) is 41.0 Å². The number of aliphatic carboxylic acids is 1. The van der Waals surface area contributed by atoms with Crippen LogP contribution in [0.15, 0.2) is 48.5 Å². The molecule has 8 nitrogen and oxygen atoms in total. The van der Waals surface area contributed by atoms with Gasteiger partial charge in [-0.15, -0.1) is 0 Å². The zero-order valence-electron chi connectivity index (χ0n) is 19.2. The number of hydrogen-bond donors (Lipinski definition) is 2. The SMILES string of the molecule is CC1CCC(C(=O)O)N(C(=O)COCCNC(=O)OCC2c3ccccc3-c3ccccc32)C1. The molecule has 1 fully saturated rings. The number of nitrogens with one attached hydrogen (secondary N) is 1. The normalized spacial score (nSPS) is 19.3. The predicted octanol–water partition coefficient (Wildman–Crippen LogP) is 3.25. The molecule has 1 aliphatic carbocycles. The fourth-order valence-corrected chi connectivity index (χ4v) is 4.80. The molecule has 1 saturated heterocycles. The molecule has 0 bridgehead atoms. The van der Waals surface area contributed by atoms with Gasteiger partial charge >= 0.3 is 12.1 Å². The largest absolute Gasteiger partial charge is 0.480 e. The molecule has 180 valence electrons. The van der Waals surface area contributed by atoms with Crippen molar-refractivity contribution in [2.75, 3.05) is 32.9 Å². The highest BCUT2D eigenvalue weighted by atomic mass is 16.5. The van der Waals surface area contributed by atoms with E-state index in [1.807, 2.05) is 31.2 Å². The van der Waals surface area contributed by atoms with Crippen molar-refractivity contribution in [1.82, 2.24) is 10.2 Å². The number of benzene rings is 2. The number of hydrogen-bond acceptors (Lipinski definition) is 5. The molecule has 4 rings (SSSR count). The number of likely N-dealkylation sites (tertiary alicyclic amines) is 1. The second-order valence-corrected chi connectivity index (χ2v) is 8.89. The van der Waals surface area contributed by atoms with E-state index in [1.165, 1.54) is 16.0 Å². The average molecular weight is 467 g/mol. The van der Waals surface area contributed by atoms with E-state index in [2.05, 4.69) is 29.6 Å². The molecule has 2 aromatic rings. The molecule has 0 radical (unpaired) electrons. The van der Waals surface area contributed by atoms with Gasteiger partial charge in [0.15, 0.2) is 0 Å². The van der Waals surface area contributed by atoms with Crippen LogP contribution in [-0.2, 0) is 19.1 Å². The predicted molar refractivity (Wildman–Crippen MR) is 125 cm³/mol. The molecule has 2 amide bonds. The third-order valence-corrected chi connectivity index (χ3v) is 6.51. The summed E-state index contributed by atoms with van der Waals surface area (Å²) in [6.07, 6.45) is 0.685. The van der Waals surface area contributed by atoms with Gasteiger partial charge in [-0.2, -0.15) is 0 Å². The highest BCUT2D eigenvalue weighted by molar-refractivity contribution is 5.84.